The van der Waals surface area contributed by atoms with Gasteiger partial charge in [0, 0.05) is 27.9 Å². The Morgan fingerprint density at radius 2 is 1.87 bits per heavy atom. The standard InChI is InChI=1S/C23H20ClNO5/c1-27-20-7-5-15(11-16(20)14-30-19-4-2-3-17(24)12-19)23(26)25-18-6-8-21-22(13-18)29-10-9-28-21/h2-8,11-13H,9-10,14H2,1H3,(H,25,26). The van der Waals surface area contributed by atoms with Gasteiger partial charge in [0.05, 0.1) is 7.11 Å². The average molecular weight is 426 g/mol. The van der Waals surface area contributed by atoms with Crippen LogP contribution in [0.25, 0.3) is 0 Å². The minimum atomic E-state index is -0.252. The summed E-state index contributed by atoms with van der Waals surface area (Å²) in [6.45, 7) is 1.23. The fourth-order valence-corrected chi connectivity index (χ4v) is 3.26. The van der Waals surface area contributed by atoms with Gasteiger partial charge >= 0.3 is 0 Å². The first kappa shape index (κ1) is 19.9. The molecule has 0 fully saturated rings. The molecule has 1 N–H and O–H groups in total. The van der Waals surface area contributed by atoms with E-state index in [9.17, 15) is 4.79 Å². The number of amides is 1. The molecule has 1 amide bonds. The van der Waals surface area contributed by atoms with Gasteiger partial charge in [-0.1, -0.05) is 17.7 Å². The Bertz CT molecular complexity index is 1070. The Morgan fingerprint density at radius 3 is 2.67 bits per heavy atom. The highest BCUT2D eigenvalue weighted by Crippen LogP contribution is 2.33. The summed E-state index contributed by atoms with van der Waals surface area (Å²) < 4.78 is 22.3. The number of nitrogens with one attached hydrogen (secondary N) is 1. The number of rotatable bonds is 6. The number of benzene rings is 3. The Kier molecular flexibility index (Phi) is 5.95. The zero-order valence-electron chi connectivity index (χ0n) is 16.3. The van der Waals surface area contributed by atoms with Crippen LogP contribution in [-0.4, -0.2) is 26.2 Å². The van der Waals surface area contributed by atoms with E-state index in [0.717, 1.165) is 5.56 Å². The molecule has 0 aliphatic carbocycles. The van der Waals surface area contributed by atoms with Crippen molar-refractivity contribution in [2.75, 3.05) is 25.6 Å². The van der Waals surface area contributed by atoms with Crippen LogP contribution in [0.5, 0.6) is 23.0 Å². The van der Waals surface area contributed by atoms with Crippen molar-refractivity contribution < 1.29 is 23.7 Å². The van der Waals surface area contributed by atoms with Crippen molar-refractivity contribution >= 4 is 23.2 Å². The van der Waals surface area contributed by atoms with E-state index in [0.29, 0.717) is 52.5 Å². The lowest BCUT2D eigenvalue weighted by atomic mass is 10.1. The molecule has 6 nitrogen and oxygen atoms in total. The quantitative estimate of drug-likeness (QED) is 0.605. The number of methoxy groups -OCH3 is 1. The molecule has 0 unspecified atom stereocenters. The molecule has 0 spiro atoms. The van der Waals surface area contributed by atoms with Crippen LogP contribution in [-0.2, 0) is 6.61 Å². The van der Waals surface area contributed by atoms with Crippen molar-refractivity contribution in [2.45, 2.75) is 6.61 Å². The summed E-state index contributed by atoms with van der Waals surface area (Å²) in [4.78, 5) is 12.8. The molecule has 0 saturated heterocycles. The van der Waals surface area contributed by atoms with Gasteiger partial charge in [0.25, 0.3) is 5.91 Å². The van der Waals surface area contributed by atoms with E-state index < -0.39 is 0 Å². The molecule has 0 bridgehead atoms. The summed E-state index contributed by atoms with van der Waals surface area (Å²) in [5.41, 5.74) is 1.85. The lowest BCUT2D eigenvalue weighted by molar-refractivity contribution is 0.102. The van der Waals surface area contributed by atoms with Crippen LogP contribution in [0.15, 0.2) is 60.7 Å². The number of carbonyl (C=O) groups is 1. The molecule has 1 heterocycles. The molecular weight excluding hydrogens is 406 g/mol. The van der Waals surface area contributed by atoms with E-state index >= 15 is 0 Å². The van der Waals surface area contributed by atoms with Gasteiger partial charge in [-0.25, -0.2) is 0 Å². The molecule has 30 heavy (non-hydrogen) atoms. The second kappa shape index (κ2) is 8.97. The molecule has 0 saturated carbocycles. The van der Waals surface area contributed by atoms with Crippen LogP contribution >= 0.6 is 11.6 Å². The van der Waals surface area contributed by atoms with Crippen molar-refractivity contribution in [3.63, 3.8) is 0 Å². The van der Waals surface area contributed by atoms with E-state index in [1.54, 1.807) is 55.6 Å². The average Bonchev–Trinajstić information content (AvgIpc) is 2.77. The van der Waals surface area contributed by atoms with Crippen molar-refractivity contribution in [2.24, 2.45) is 0 Å². The Hall–Kier alpha value is -3.38. The molecule has 3 aromatic carbocycles. The monoisotopic (exact) mass is 425 g/mol. The first-order valence-corrected chi connectivity index (χ1v) is 9.76. The third kappa shape index (κ3) is 4.60. The van der Waals surface area contributed by atoms with Crippen LogP contribution in [0.3, 0.4) is 0 Å². The third-order valence-corrected chi connectivity index (χ3v) is 4.77. The molecule has 0 atom stereocenters. The topological polar surface area (TPSA) is 66.0 Å². The fourth-order valence-electron chi connectivity index (χ4n) is 3.07. The smallest absolute Gasteiger partial charge is 0.255 e. The second-order valence-electron chi connectivity index (χ2n) is 6.59. The van der Waals surface area contributed by atoms with Crippen molar-refractivity contribution in [1.82, 2.24) is 0 Å². The number of fused-ring (bicyclic) bond motifs is 1. The lowest BCUT2D eigenvalue weighted by Gasteiger charge is -2.19. The number of hydrogen-bond acceptors (Lipinski definition) is 5. The van der Waals surface area contributed by atoms with Gasteiger partial charge < -0.3 is 24.3 Å². The summed E-state index contributed by atoms with van der Waals surface area (Å²) in [5.74, 6) is 2.30. The van der Waals surface area contributed by atoms with Gasteiger partial charge in [-0.05, 0) is 48.5 Å². The number of hydrogen-bond donors (Lipinski definition) is 1. The number of carbonyl (C=O) groups excluding carboxylic acids is 1. The van der Waals surface area contributed by atoms with E-state index in [-0.39, 0.29) is 12.5 Å². The minimum Gasteiger partial charge on any atom is -0.496 e. The van der Waals surface area contributed by atoms with Crippen molar-refractivity contribution in [1.29, 1.82) is 0 Å². The Labute approximate surface area is 179 Å². The van der Waals surface area contributed by atoms with Crippen LogP contribution in [0.2, 0.25) is 5.02 Å². The zero-order valence-corrected chi connectivity index (χ0v) is 17.1. The normalized spacial score (nSPS) is 12.2. The first-order valence-electron chi connectivity index (χ1n) is 9.38. The largest absolute Gasteiger partial charge is 0.496 e. The Morgan fingerprint density at radius 1 is 1.03 bits per heavy atom. The molecule has 1 aliphatic heterocycles. The maximum atomic E-state index is 12.8. The lowest BCUT2D eigenvalue weighted by Crippen LogP contribution is -2.16. The van der Waals surface area contributed by atoms with Crippen LogP contribution < -0.4 is 24.3 Å². The van der Waals surface area contributed by atoms with Crippen molar-refractivity contribution in [3.8, 4) is 23.0 Å². The summed E-state index contributed by atoms with van der Waals surface area (Å²) in [6, 6.07) is 17.6. The van der Waals surface area contributed by atoms with Gasteiger partial charge in [0.1, 0.15) is 31.3 Å². The highest BCUT2D eigenvalue weighted by Gasteiger charge is 2.15. The molecule has 0 radical (unpaired) electrons. The van der Waals surface area contributed by atoms with Gasteiger partial charge in [0.15, 0.2) is 11.5 Å². The van der Waals surface area contributed by atoms with E-state index in [1.165, 1.54) is 0 Å². The molecule has 154 valence electrons. The Balaban J connectivity index is 1.49. The summed E-state index contributed by atoms with van der Waals surface area (Å²) in [7, 11) is 1.58. The van der Waals surface area contributed by atoms with E-state index in [4.69, 9.17) is 30.5 Å². The van der Waals surface area contributed by atoms with Gasteiger partial charge in [-0.3, -0.25) is 4.79 Å². The molecule has 0 aromatic heterocycles. The maximum Gasteiger partial charge on any atom is 0.255 e. The van der Waals surface area contributed by atoms with Crippen LogP contribution in [0, 0.1) is 0 Å². The predicted molar refractivity (Wildman–Crippen MR) is 114 cm³/mol. The number of anilines is 1. The zero-order chi connectivity index (χ0) is 20.9. The number of halogens is 1. The molecule has 4 rings (SSSR count). The first-order chi connectivity index (χ1) is 14.6. The maximum absolute atomic E-state index is 12.8. The highest BCUT2D eigenvalue weighted by atomic mass is 35.5. The van der Waals surface area contributed by atoms with Gasteiger partial charge in [-0.2, -0.15) is 0 Å². The summed E-state index contributed by atoms with van der Waals surface area (Å²) in [6.07, 6.45) is 0. The SMILES string of the molecule is COc1ccc(C(=O)Nc2ccc3c(c2)OCCO3)cc1COc1cccc(Cl)c1. The summed E-state index contributed by atoms with van der Waals surface area (Å²) in [5, 5.41) is 3.47. The van der Waals surface area contributed by atoms with Crippen LogP contribution in [0.4, 0.5) is 5.69 Å². The molecule has 7 heteroatoms. The van der Waals surface area contributed by atoms with Crippen LogP contribution in [0.1, 0.15) is 15.9 Å². The second-order valence-corrected chi connectivity index (χ2v) is 7.02. The molecule has 3 aromatic rings. The predicted octanol–water partition coefficient (Wildman–Crippen LogP) is 4.95. The van der Waals surface area contributed by atoms with Gasteiger partial charge in [0.2, 0.25) is 0 Å². The minimum absolute atomic E-state index is 0.231. The van der Waals surface area contributed by atoms with Gasteiger partial charge in [-0.15, -0.1) is 0 Å². The summed E-state index contributed by atoms with van der Waals surface area (Å²) >= 11 is 6.00. The third-order valence-electron chi connectivity index (χ3n) is 4.53. The van der Waals surface area contributed by atoms with Crippen molar-refractivity contribution in [3.05, 3.63) is 76.8 Å². The van der Waals surface area contributed by atoms with E-state index in [2.05, 4.69) is 5.32 Å². The fraction of sp³-hybridized carbons (Fsp3) is 0.174. The molecule has 1 aliphatic rings. The molecular formula is C23H20ClNO5. The number of ether oxygens (including phenoxy) is 4. The van der Waals surface area contributed by atoms with E-state index in [1.807, 2.05) is 12.1 Å². The highest BCUT2D eigenvalue weighted by molar-refractivity contribution is 6.30.